The molecule has 0 unspecified atom stereocenters. The Hall–Kier alpha value is -1.48. The molecular formula is C20H26. The molecule has 2 rings (SSSR count). The summed E-state index contributed by atoms with van der Waals surface area (Å²) in [5, 5.41) is 0. The van der Waals surface area contributed by atoms with Gasteiger partial charge < -0.3 is 0 Å². The molecule has 0 aliphatic heterocycles. The largest absolute Gasteiger partial charge is 0.101 e. The van der Waals surface area contributed by atoms with Crippen molar-refractivity contribution in [3.63, 3.8) is 0 Å². The maximum Gasteiger partial charge on any atom is 0.0245 e. The highest BCUT2D eigenvalue weighted by molar-refractivity contribution is 5.36. The van der Waals surface area contributed by atoms with Crippen LogP contribution in [0.4, 0.5) is 0 Å². The molecule has 106 valence electrons. The van der Waals surface area contributed by atoms with Crippen LogP contribution in [0.5, 0.6) is 0 Å². The first-order valence-electron chi connectivity index (χ1n) is 7.97. The van der Waals surface area contributed by atoms with Gasteiger partial charge in [0.25, 0.3) is 0 Å². The van der Waals surface area contributed by atoms with Crippen molar-refractivity contribution < 1.29 is 0 Å². The van der Waals surface area contributed by atoms with E-state index in [1.54, 1.807) is 0 Å². The summed E-state index contributed by atoms with van der Waals surface area (Å²) in [6.45, 7) is 4.01. The van der Waals surface area contributed by atoms with E-state index in [1.165, 1.54) is 44.1 Å². The van der Waals surface area contributed by atoms with E-state index >= 15 is 0 Å². The van der Waals surface area contributed by atoms with Gasteiger partial charge >= 0.3 is 0 Å². The molecule has 1 saturated carbocycles. The fraction of sp³-hybridized carbons (Fsp3) is 0.500. The molecule has 1 aliphatic carbocycles. The molecule has 0 bridgehead atoms. The molecule has 0 atom stereocenters. The molecule has 0 saturated heterocycles. The quantitative estimate of drug-likeness (QED) is 0.485. The van der Waals surface area contributed by atoms with Gasteiger partial charge in [0.05, 0.1) is 0 Å². The zero-order valence-corrected chi connectivity index (χ0v) is 12.9. The topological polar surface area (TPSA) is 0 Å². The summed E-state index contributed by atoms with van der Waals surface area (Å²) in [6, 6.07) is 8.91. The van der Waals surface area contributed by atoms with E-state index in [4.69, 9.17) is 0 Å². The average Bonchev–Trinajstić information content (AvgIpc) is 2.49. The van der Waals surface area contributed by atoms with Gasteiger partial charge in [0.2, 0.25) is 0 Å². The van der Waals surface area contributed by atoms with E-state index in [0.717, 1.165) is 17.4 Å². The summed E-state index contributed by atoms with van der Waals surface area (Å²) >= 11 is 0. The van der Waals surface area contributed by atoms with Gasteiger partial charge in [-0.05, 0) is 81.9 Å². The zero-order valence-electron chi connectivity index (χ0n) is 12.9. The zero-order chi connectivity index (χ0) is 14.2. The van der Waals surface area contributed by atoms with Crippen LogP contribution in [0.25, 0.3) is 0 Å². The van der Waals surface area contributed by atoms with Crippen LogP contribution in [0, 0.1) is 17.8 Å². The Morgan fingerprint density at radius 2 is 1.80 bits per heavy atom. The Bertz CT molecular complexity index is 473. The molecule has 1 aliphatic rings. The van der Waals surface area contributed by atoms with Gasteiger partial charge in [-0.15, -0.1) is 5.92 Å². The number of allylic oxidation sites excluding steroid dienone is 2. The van der Waals surface area contributed by atoms with Crippen molar-refractivity contribution in [2.45, 2.75) is 58.3 Å². The lowest BCUT2D eigenvalue weighted by molar-refractivity contribution is 0.312. The van der Waals surface area contributed by atoms with Crippen LogP contribution in [0.15, 0.2) is 36.4 Å². The molecule has 0 spiro atoms. The van der Waals surface area contributed by atoms with Gasteiger partial charge in [-0.2, -0.15) is 0 Å². The van der Waals surface area contributed by atoms with Crippen LogP contribution in [0.2, 0.25) is 0 Å². The van der Waals surface area contributed by atoms with Crippen molar-refractivity contribution in [2.24, 2.45) is 5.92 Å². The first-order valence-corrected chi connectivity index (χ1v) is 7.97. The molecule has 0 amide bonds. The lowest BCUT2D eigenvalue weighted by Crippen LogP contribution is -2.13. The van der Waals surface area contributed by atoms with E-state index in [-0.39, 0.29) is 0 Å². The van der Waals surface area contributed by atoms with Gasteiger partial charge in [-0.3, -0.25) is 0 Å². The van der Waals surface area contributed by atoms with Crippen molar-refractivity contribution in [3.05, 3.63) is 47.5 Å². The molecule has 0 heteroatoms. The van der Waals surface area contributed by atoms with Crippen LogP contribution in [0.3, 0.4) is 0 Å². The molecular weight excluding hydrogens is 240 g/mol. The molecule has 0 N–H and O–H groups in total. The third-order valence-electron chi connectivity index (χ3n) is 4.48. The molecule has 0 radical (unpaired) electrons. The molecule has 1 fully saturated rings. The SMILES string of the molecule is CC#Cc1ccc([C@H]2CC[C@H](CC/C=C/C)CC2)cc1. The fourth-order valence-electron chi connectivity index (χ4n) is 3.27. The lowest BCUT2D eigenvalue weighted by atomic mass is 9.77. The maximum atomic E-state index is 3.12. The standard InChI is InChI=1S/C20H26/c1-3-5-6-8-18-11-15-20(16-12-18)19-13-9-17(7-4-2)10-14-19/h3,5,9-10,13-14,18,20H,6,8,11-12,15-16H2,1-2H3/b5-3+/t18-,20-. The van der Waals surface area contributed by atoms with E-state index < -0.39 is 0 Å². The van der Waals surface area contributed by atoms with Crippen molar-refractivity contribution in [3.8, 4) is 11.8 Å². The van der Waals surface area contributed by atoms with Crippen molar-refractivity contribution in [2.75, 3.05) is 0 Å². The van der Waals surface area contributed by atoms with Gasteiger partial charge in [-0.25, -0.2) is 0 Å². The maximum absolute atomic E-state index is 3.12. The van der Waals surface area contributed by atoms with Crippen molar-refractivity contribution in [1.29, 1.82) is 0 Å². The van der Waals surface area contributed by atoms with Gasteiger partial charge in [-0.1, -0.05) is 30.2 Å². The lowest BCUT2D eigenvalue weighted by Gasteiger charge is -2.28. The van der Waals surface area contributed by atoms with E-state index in [2.05, 4.69) is 55.2 Å². The van der Waals surface area contributed by atoms with Crippen molar-refractivity contribution >= 4 is 0 Å². The van der Waals surface area contributed by atoms with Gasteiger partial charge in [0.15, 0.2) is 0 Å². The highest BCUT2D eigenvalue weighted by Crippen LogP contribution is 2.37. The minimum absolute atomic E-state index is 0.775. The highest BCUT2D eigenvalue weighted by atomic mass is 14.3. The molecule has 1 aromatic carbocycles. The Balaban J connectivity index is 1.85. The second kappa shape index (κ2) is 7.95. The van der Waals surface area contributed by atoms with Crippen molar-refractivity contribution in [1.82, 2.24) is 0 Å². The third-order valence-corrected chi connectivity index (χ3v) is 4.48. The minimum atomic E-state index is 0.775. The third kappa shape index (κ3) is 4.27. The fourth-order valence-corrected chi connectivity index (χ4v) is 3.27. The molecule has 20 heavy (non-hydrogen) atoms. The molecule has 1 aromatic rings. The van der Waals surface area contributed by atoms with Gasteiger partial charge in [0, 0.05) is 5.56 Å². The molecule has 0 nitrogen and oxygen atoms in total. The average molecular weight is 266 g/mol. The second-order valence-corrected chi connectivity index (χ2v) is 5.86. The van der Waals surface area contributed by atoms with Crippen LogP contribution >= 0.6 is 0 Å². The van der Waals surface area contributed by atoms with E-state index in [0.29, 0.717) is 0 Å². The van der Waals surface area contributed by atoms with Crippen LogP contribution in [-0.4, -0.2) is 0 Å². The monoisotopic (exact) mass is 266 g/mol. The predicted molar refractivity (Wildman–Crippen MR) is 87.7 cm³/mol. The van der Waals surface area contributed by atoms with Crippen LogP contribution < -0.4 is 0 Å². The predicted octanol–water partition coefficient (Wildman–Crippen LogP) is 5.69. The summed E-state index contributed by atoms with van der Waals surface area (Å²) in [5.41, 5.74) is 2.65. The summed E-state index contributed by atoms with van der Waals surface area (Å²) in [4.78, 5) is 0. The number of benzene rings is 1. The minimum Gasteiger partial charge on any atom is -0.101 e. The Labute approximate surface area is 124 Å². The first-order chi connectivity index (χ1) is 9.83. The van der Waals surface area contributed by atoms with Crippen LogP contribution in [-0.2, 0) is 0 Å². The van der Waals surface area contributed by atoms with Crippen LogP contribution in [0.1, 0.15) is 69.4 Å². The summed E-state index contributed by atoms with van der Waals surface area (Å²) in [5.74, 6) is 7.80. The summed E-state index contributed by atoms with van der Waals surface area (Å²) < 4.78 is 0. The normalized spacial score (nSPS) is 22.5. The Morgan fingerprint density at radius 3 is 2.40 bits per heavy atom. The molecule has 0 heterocycles. The first kappa shape index (κ1) is 14.9. The summed E-state index contributed by atoms with van der Waals surface area (Å²) in [6.07, 6.45) is 12.6. The smallest absolute Gasteiger partial charge is 0.0245 e. The van der Waals surface area contributed by atoms with E-state index in [9.17, 15) is 0 Å². The molecule has 0 aromatic heterocycles. The Morgan fingerprint density at radius 1 is 1.10 bits per heavy atom. The highest BCUT2D eigenvalue weighted by Gasteiger charge is 2.21. The van der Waals surface area contributed by atoms with Gasteiger partial charge in [0.1, 0.15) is 0 Å². The Kier molecular flexibility index (Phi) is 5.93. The summed E-state index contributed by atoms with van der Waals surface area (Å²) in [7, 11) is 0. The number of hydrogen-bond acceptors (Lipinski definition) is 0. The number of rotatable bonds is 4. The number of hydrogen-bond donors (Lipinski definition) is 0. The van der Waals surface area contributed by atoms with E-state index in [1.807, 2.05) is 6.92 Å². The second-order valence-electron chi connectivity index (χ2n) is 5.86.